The second-order valence-corrected chi connectivity index (χ2v) is 6.30. The summed E-state index contributed by atoms with van der Waals surface area (Å²) in [6.45, 7) is 2.45. The zero-order valence-corrected chi connectivity index (χ0v) is 14.7. The van der Waals surface area contributed by atoms with E-state index in [1.807, 2.05) is 18.2 Å². The predicted molar refractivity (Wildman–Crippen MR) is 101 cm³/mol. The van der Waals surface area contributed by atoms with Crippen molar-refractivity contribution in [3.8, 4) is 11.8 Å². The molecule has 134 valence electrons. The average molecular weight is 350 g/mol. The molecular formula is C20H22N4O2. The van der Waals surface area contributed by atoms with E-state index in [4.69, 9.17) is 10.00 Å². The summed E-state index contributed by atoms with van der Waals surface area (Å²) in [5.41, 5.74) is 2.33. The normalized spacial score (nSPS) is 16.0. The average Bonchev–Trinajstić information content (AvgIpc) is 3.16. The third kappa shape index (κ3) is 4.25. The van der Waals surface area contributed by atoms with Crippen LogP contribution in [0.1, 0.15) is 12.0 Å². The minimum Gasteiger partial charge on any atom is -0.495 e. The predicted octanol–water partition coefficient (Wildman–Crippen LogP) is 3.21. The van der Waals surface area contributed by atoms with Gasteiger partial charge in [0.2, 0.25) is 0 Å². The number of ether oxygens (including phenoxy) is 1. The highest BCUT2D eigenvalue weighted by molar-refractivity contribution is 5.89. The third-order valence-corrected chi connectivity index (χ3v) is 4.53. The highest BCUT2D eigenvalue weighted by Gasteiger charge is 2.24. The fourth-order valence-electron chi connectivity index (χ4n) is 3.15. The van der Waals surface area contributed by atoms with Gasteiger partial charge in [-0.3, -0.25) is 0 Å². The number of benzene rings is 2. The maximum atomic E-state index is 12.1. The van der Waals surface area contributed by atoms with Gasteiger partial charge >= 0.3 is 6.03 Å². The molecule has 1 heterocycles. The molecule has 0 aliphatic carbocycles. The van der Waals surface area contributed by atoms with Gasteiger partial charge in [0.1, 0.15) is 5.75 Å². The molecule has 1 saturated heterocycles. The van der Waals surface area contributed by atoms with E-state index in [-0.39, 0.29) is 6.03 Å². The van der Waals surface area contributed by atoms with Crippen molar-refractivity contribution in [3.05, 3.63) is 54.1 Å². The zero-order chi connectivity index (χ0) is 18.4. The number of hydrogen-bond acceptors (Lipinski definition) is 4. The lowest BCUT2D eigenvalue weighted by molar-refractivity contribution is 0.250. The molecule has 2 amide bonds. The van der Waals surface area contributed by atoms with Gasteiger partial charge in [-0.1, -0.05) is 12.1 Å². The number of para-hydroxylation sites is 2. The molecule has 1 aliphatic rings. The van der Waals surface area contributed by atoms with Crippen molar-refractivity contribution in [2.24, 2.45) is 5.92 Å². The first-order chi connectivity index (χ1) is 12.7. The van der Waals surface area contributed by atoms with Crippen LogP contribution in [0.4, 0.5) is 16.2 Å². The molecular weight excluding hydrogens is 328 g/mol. The minimum atomic E-state index is -0.231. The van der Waals surface area contributed by atoms with Crippen molar-refractivity contribution in [2.75, 3.05) is 37.0 Å². The molecule has 3 rings (SSSR count). The van der Waals surface area contributed by atoms with Gasteiger partial charge in [-0.05, 0) is 48.7 Å². The molecule has 0 aromatic heterocycles. The highest BCUT2D eigenvalue weighted by Crippen LogP contribution is 2.31. The Labute approximate surface area is 153 Å². The fourth-order valence-corrected chi connectivity index (χ4v) is 3.15. The topological polar surface area (TPSA) is 77.4 Å². The molecule has 6 heteroatoms. The number of rotatable bonds is 5. The summed E-state index contributed by atoms with van der Waals surface area (Å²) in [4.78, 5) is 14.4. The number of carbonyl (C=O) groups excluding carboxylic acids is 1. The summed E-state index contributed by atoms with van der Waals surface area (Å²) in [7, 11) is 1.68. The van der Waals surface area contributed by atoms with Crippen molar-refractivity contribution in [2.45, 2.75) is 6.42 Å². The smallest absolute Gasteiger partial charge is 0.319 e. The van der Waals surface area contributed by atoms with E-state index < -0.39 is 0 Å². The number of hydrogen-bond donors (Lipinski definition) is 2. The monoisotopic (exact) mass is 350 g/mol. The molecule has 0 spiro atoms. The van der Waals surface area contributed by atoms with Crippen LogP contribution in [0.5, 0.6) is 5.75 Å². The van der Waals surface area contributed by atoms with Gasteiger partial charge in [0.25, 0.3) is 0 Å². The lowest BCUT2D eigenvalue weighted by atomic mass is 10.1. The maximum absolute atomic E-state index is 12.1. The highest BCUT2D eigenvalue weighted by atomic mass is 16.5. The minimum absolute atomic E-state index is 0.231. The maximum Gasteiger partial charge on any atom is 0.319 e. The molecule has 0 radical (unpaired) electrons. The van der Waals surface area contributed by atoms with Crippen LogP contribution in [0.3, 0.4) is 0 Å². The second kappa shape index (κ2) is 8.26. The van der Waals surface area contributed by atoms with Crippen LogP contribution in [-0.4, -0.2) is 32.8 Å². The summed E-state index contributed by atoms with van der Waals surface area (Å²) in [5.74, 6) is 1.27. The standard InChI is InChI=1S/C20H22N4O2/c1-26-19-5-3-2-4-18(19)24-11-10-16(14-24)13-22-20(25)23-17-8-6-15(12-21)7-9-17/h2-9,16H,10-11,13-14H2,1H3,(H2,22,23,25)/t16-/m0/s1. The van der Waals surface area contributed by atoms with E-state index in [0.29, 0.717) is 23.7 Å². The van der Waals surface area contributed by atoms with Crippen LogP contribution in [0, 0.1) is 17.2 Å². The van der Waals surface area contributed by atoms with Gasteiger partial charge in [0.05, 0.1) is 24.4 Å². The molecule has 2 aromatic carbocycles. The summed E-state index contributed by atoms with van der Waals surface area (Å²) in [6.07, 6.45) is 1.02. The molecule has 0 unspecified atom stereocenters. The number of urea groups is 1. The van der Waals surface area contributed by atoms with Gasteiger partial charge < -0.3 is 20.3 Å². The SMILES string of the molecule is COc1ccccc1N1CC[C@@H](CNC(=O)Nc2ccc(C#N)cc2)C1. The number of nitrogens with zero attached hydrogens (tertiary/aromatic N) is 2. The molecule has 0 saturated carbocycles. The Morgan fingerprint density at radius 2 is 2.04 bits per heavy atom. The largest absolute Gasteiger partial charge is 0.495 e. The van der Waals surface area contributed by atoms with Crippen molar-refractivity contribution in [1.82, 2.24) is 5.32 Å². The number of nitriles is 1. The van der Waals surface area contributed by atoms with Crippen molar-refractivity contribution in [1.29, 1.82) is 5.26 Å². The van der Waals surface area contributed by atoms with Gasteiger partial charge in [-0.25, -0.2) is 4.79 Å². The van der Waals surface area contributed by atoms with E-state index >= 15 is 0 Å². The van der Waals surface area contributed by atoms with E-state index in [1.54, 1.807) is 31.4 Å². The molecule has 1 atom stereocenters. The van der Waals surface area contributed by atoms with Gasteiger partial charge in [0.15, 0.2) is 0 Å². The van der Waals surface area contributed by atoms with Crippen LogP contribution >= 0.6 is 0 Å². The van der Waals surface area contributed by atoms with Gasteiger partial charge in [-0.2, -0.15) is 5.26 Å². The number of methoxy groups -OCH3 is 1. The Morgan fingerprint density at radius 3 is 2.77 bits per heavy atom. The first-order valence-corrected chi connectivity index (χ1v) is 8.62. The van der Waals surface area contributed by atoms with Gasteiger partial charge in [0, 0.05) is 25.3 Å². The lowest BCUT2D eigenvalue weighted by Crippen LogP contribution is -2.34. The molecule has 0 bridgehead atoms. The van der Waals surface area contributed by atoms with E-state index in [0.717, 1.165) is 30.9 Å². The van der Waals surface area contributed by atoms with Crippen LogP contribution in [0.25, 0.3) is 0 Å². The van der Waals surface area contributed by atoms with Crippen LogP contribution in [0.2, 0.25) is 0 Å². The molecule has 2 N–H and O–H groups in total. The Kier molecular flexibility index (Phi) is 5.59. The molecule has 1 fully saturated rings. The summed E-state index contributed by atoms with van der Waals surface area (Å²) in [5, 5.41) is 14.5. The first-order valence-electron chi connectivity index (χ1n) is 8.62. The van der Waals surface area contributed by atoms with E-state index in [2.05, 4.69) is 27.7 Å². The van der Waals surface area contributed by atoms with Gasteiger partial charge in [-0.15, -0.1) is 0 Å². The Bertz CT molecular complexity index is 798. The van der Waals surface area contributed by atoms with Crippen LogP contribution < -0.4 is 20.3 Å². The number of carbonyl (C=O) groups is 1. The first kappa shape index (κ1) is 17.6. The molecule has 1 aliphatic heterocycles. The molecule has 6 nitrogen and oxygen atoms in total. The summed E-state index contributed by atoms with van der Waals surface area (Å²) in [6, 6.07) is 16.6. The molecule has 26 heavy (non-hydrogen) atoms. The number of nitrogens with one attached hydrogen (secondary N) is 2. The second-order valence-electron chi connectivity index (χ2n) is 6.30. The Balaban J connectivity index is 1.48. The van der Waals surface area contributed by atoms with Crippen molar-refractivity contribution < 1.29 is 9.53 Å². The van der Waals surface area contributed by atoms with E-state index in [9.17, 15) is 4.79 Å². The number of anilines is 2. The Hall–Kier alpha value is -3.20. The zero-order valence-electron chi connectivity index (χ0n) is 14.7. The summed E-state index contributed by atoms with van der Waals surface area (Å²) < 4.78 is 5.43. The molecule has 2 aromatic rings. The van der Waals surface area contributed by atoms with Crippen LogP contribution in [0.15, 0.2) is 48.5 Å². The van der Waals surface area contributed by atoms with Crippen molar-refractivity contribution in [3.63, 3.8) is 0 Å². The number of amides is 2. The third-order valence-electron chi connectivity index (χ3n) is 4.53. The fraction of sp³-hybridized carbons (Fsp3) is 0.300. The van der Waals surface area contributed by atoms with Crippen molar-refractivity contribution >= 4 is 17.4 Å². The van der Waals surface area contributed by atoms with Crippen LogP contribution in [-0.2, 0) is 0 Å². The van der Waals surface area contributed by atoms with E-state index in [1.165, 1.54) is 0 Å². The Morgan fingerprint density at radius 1 is 1.27 bits per heavy atom. The quantitative estimate of drug-likeness (QED) is 0.868. The summed E-state index contributed by atoms with van der Waals surface area (Å²) >= 11 is 0. The lowest BCUT2D eigenvalue weighted by Gasteiger charge is -2.21.